The molecule has 2 aromatic rings. The van der Waals surface area contributed by atoms with E-state index in [4.69, 9.17) is 19.6 Å². The third kappa shape index (κ3) is 6.46. The van der Waals surface area contributed by atoms with Gasteiger partial charge >= 0.3 is 0 Å². The number of rotatable bonds is 8. The predicted octanol–water partition coefficient (Wildman–Crippen LogP) is 1.35. The van der Waals surface area contributed by atoms with E-state index in [0.29, 0.717) is 18.0 Å². The molecule has 29 heavy (non-hydrogen) atoms. The van der Waals surface area contributed by atoms with Gasteiger partial charge in [0.05, 0.1) is 26.8 Å². The van der Waals surface area contributed by atoms with E-state index in [1.165, 1.54) is 0 Å². The topological polar surface area (TPSA) is 106 Å². The van der Waals surface area contributed by atoms with Gasteiger partial charge in [-0.25, -0.2) is 14.7 Å². The average molecular weight is 516 g/mol. The number of aromatic nitrogens is 3. The smallest absolute Gasteiger partial charge is 0.191 e. The van der Waals surface area contributed by atoms with Gasteiger partial charge in [0.25, 0.3) is 0 Å². The van der Waals surface area contributed by atoms with Crippen molar-refractivity contribution in [3.8, 4) is 11.5 Å². The Balaban J connectivity index is 0.00000300. The Kier molecular flexibility index (Phi) is 9.45. The summed E-state index contributed by atoms with van der Waals surface area (Å²) >= 11 is 0. The van der Waals surface area contributed by atoms with Crippen LogP contribution in [0.3, 0.4) is 0 Å². The van der Waals surface area contributed by atoms with Gasteiger partial charge in [-0.1, -0.05) is 6.07 Å². The van der Waals surface area contributed by atoms with Crippen LogP contribution in [0.5, 0.6) is 11.5 Å². The Morgan fingerprint density at radius 1 is 1.38 bits per heavy atom. The molecule has 1 aliphatic rings. The number of fused-ring (bicyclic) bond motifs is 1. The lowest BCUT2D eigenvalue weighted by Gasteiger charge is -2.25. The highest BCUT2D eigenvalue weighted by molar-refractivity contribution is 14.0. The van der Waals surface area contributed by atoms with Crippen molar-refractivity contribution >= 4 is 29.9 Å². The molecule has 9 nitrogen and oxygen atoms in total. The average Bonchev–Trinajstić information content (AvgIpc) is 3.18. The molecule has 1 aromatic carbocycles. The minimum Gasteiger partial charge on any atom is -0.493 e. The summed E-state index contributed by atoms with van der Waals surface area (Å²) in [7, 11) is 1.60. The first-order valence-corrected chi connectivity index (χ1v) is 9.55. The maximum atomic E-state index is 8.91. The van der Waals surface area contributed by atoms with Gasteiger partial charge in [-0.3, -0.25) is 0 Å². The molecular formula is C19H29IN6O3. The fourth-order valence-corrected chi connectivity index (χ4v) is 3.12. The fraction of sp³-hybridized carbons (Fsp3) is 0.526. The summed E-state index contributed by atoms with van der Waals surface area (Å²) in [5.41, 5.74) is 1.01. The van der Waals surface area contributed by atoms with Crippen molar-refractivity contribution in [2.45, 2.75) is 38.9 Å². The van der Waals surface area contributed by atoms with Gasteiger partial charge in [-0.05, 0) is 31.0 Å². The number of benzene rings is 1. The van der Waals surface area contributed by atoms with Crippen molar-refractivity contribution in [2.24, 2.45) is 4.99 Å². The monoisotopic (exact) mass is 516 g/mol. The number of methoxy groups -OCH3 is 1. The van der Waals surface area contributed by atoms with Crippen molar-refractivity contribution in [3.05, 3.63) is 35.9 Å². The zero-order chi connectivity index (χ0) is 19.8. The number of nitrogens with one attached hydrogen (secondary N) is 2. The summed E-state index contributed by atoms with van der Waals surface area (Å²) < 4.78 is 12.8. The number of ether oxygens (including phenoxy) is 2. The molecule has 160 valence electrons. The molecule has 0 saturated heterocycles. The highest BCUT2D eigenvalue weighted by atomic mass is 127. The summed E-state index contributed by atoms with van der Waals surface area (Å²) in [5.74, 6) is 3.05. The van der Waals surface area contributed by atoms with Gasteiger partial charge in [0, 0.05) is 19.0 Å². The lowest BCUT2D eigenvalue weighted by atomic mass is 10.1. The molecule has 0 fully saturated rings. The Bertz CT molecular complexity index is 798. The van der Waals surface area contributed by atoms with Crippen LogP contribution in [0, 0.1) is 0 Å². The molecule has 2 heterocycles. The van der Waals surface area contributed by atoms with E-state index >= 15 is 0 Å². The molecule has 3 rings (SSSR count). The van der Waals surface area contributed by atoms with E-state index in [9.17, 15) is 0 Å². The summed E-state index contributed by atoms with van der Waals surface area (Å²) in [6, 6.07) is 5.95. The van der Waals surface area contributed by atoms with E-state index in [0.717, 1.165) is 43.3 Å². The maximum absolute atomic E-state index is 8.91. The minimum atomic E-state index is -0.0375. The van der Waals surface area contributed by atoms with Crippen LogP contribution >= 0.6 is 24.0 Å². The van der Waals surface area contributed by atoms with Crippen LogP contribution in [0.2, 0.25) is 0 Å². The van der Waals surface area contributed by atoms with E-state index in [2.05, 4.69) is 20.7 Å². The van der Waals surface area contributed by atoms with Gasteiger partial charge in [-0.15, -0.1) is 24.0 Å². The van der Waals surface area contributed by atoms with Crippen LogP contribution in [-0.4, -0.2) is 58.7 Å². The molecule has 10 heteroatoms. The number of guanidine groups is 1. The Morgan fingerprint density at radius 2 is 2.24 bits per heavy atom. The number of hydrogen-bond donors (Lipinski definition) is 3. The van der Waals surface area contributed by atoms with Crippen molar-refractivity contribution in [1.82, 2.24) is 25.4 Å². The standard InChI is InChI=1S/C19H28N6O3.HI/c1-3-20-19(24-15-5-7-18-22-13-23-25(18)12-15)21-11-14-4-6-16(28-9-8-26)17(10-14)27-2;/h4,6,10,13,15,26H,3,5,7-9,11-12H2,1-2H3,(H2,20,21,24);1H. The normalized spacial score (nSPS) is 15.8. The molecule has 1 aromatic heterocycles. The number of aliphatic imine (C=N–C) groups is 1. The molecule has 0 radical (unpaired) electrons. The number of aliphatic hydroxyl groups is 1. The first-order chi connectivity index (χ1) is 13.7. The summed E-state index contributed by atoms with van der Waals surface area (Å²) in [4.78, 5) is 8.97. The highest BCUT2D eigenvalue weighted by Gasteiger charge is 2.20. The van der Waals surface area contributed by atoms with E-state index in [1.54, 1.807) is 13.4 Å². The van der Waals surface area contributed by atoms with Crippen molar-refractivity contribution in [1.29, 1.82) is 0 Å². The molecule has 0 amide bonds. The van der Waals surface area contributed by atoms with Crippen LogP contribution in [0.15, 0.2) is 29.5 Å². The second kappa shape index (κ2) is 11.8. The minimum absolute atomic E-state index is 0. The molecular weight excluding hydrogens is 487 g/mol. The van der Waals surface area contributed by atoms with Gasteiger partial charge < -0.3 is 25.2 Å². The number of aryl methyl sites for hydroxylation is 1. The molecule has 0 aliphatic carbocycles. The quantitative estimate of drug-likeness (QED) is 0.276. The Morgan fingerprint density at radius 3 is 3.00 bits per heavy atom. The molecule has 1 atom stereocenters. The first-order valence-electron chi connectivity index (χ1n) is 9.55. The number of halogens is 1. The lowest BCUT2D eigenvalue weighted by molar-refractivity contribution is 0.196. The lowest BCUT2D eigenvalue weighted by Crippen LogP contribution is -2.47. The summed E-state index contributed by atoms with van der Waals surface area (Å²) in [5, 5.41) is 20.0. The Labute approximate surface area is 187 Å². The van der Waals surface area contributed by atoms with Crippen molar-refractivity contribution in [3.63, 3.8) is 0 Å². The molecule has 1 aliphatic heterocycles. The molecule has 0 bridgehead atoms. The third-order valence-corrected chi connectivity index (χ3v) is 4.49. The van der Waals surface area contributed by atoms with E-state index in [-0.39, 0.29) is 43.2 Å². The van der Waals surface area contributed by atoms with Crippen molar-refractivity contribution < 1.29 is 14.6 Å². The van der Waals surface area contributed by atoms with Crippen LogP contribution in [0.4, 0.5) is 0 Å². The first kappa shape index (κ1) is 23.2. The highest BCUT2D eigenvalue weighted by Crippen LogP contribution is 2.28. The third-order valence-electron chi connectivity index (χ3n) is 4.49. The second-order valence-electron chi connectivity index (χ2n) is 6.49. The molecule has 1 unspecified atom stereocenters. The Hall–Kier alpha value is -2.08. The van der Waals surface area contributed by atoms with Gasteiger partial charge in [0.1, 0.15) is 18.8 Å². The number of aliphatic hydroxyl groups excluding tert-OH is 1. The van der Waals surface area contributed by atoms with Crippen LogP contribution in [0.25, 0.3) is 0 Å². The van der Waals surface area contributed by atoms with Crippen molar-refractivity contribution in [2.75, 3.05) is 26.9 Å². The molecule has 0 spiro atoms. The zero-order valence-corrected chi connectivity index (χ0v) is 19.1. The maximum Gasteiger partial charge on any atom is 0.191 e. The second-order valence-corrected chi connectivity index (χ2v) is 6.49. The number of nitrogens with zero attached hydrogens (tertiary/aromatic N) is 4. The summed E-state index contributed by atoms with van der Waals surface area (Å²) in [6.07, 6.45) is 3.51. The predicted molar refractivity (Wildman–Crippen MR) is 121 cm³/mol. The van der Waals surface area contributed by atoms with E-state index < -0.39 is 0 Å². The van der Waals surface area contributed by atoms with Gasteiger partial charge in [-0.2, -0.15) is 5.10 Å². The SMILES string of the molecule is CCNC(=NCc1ccc(OCCO)c(OC)c1)NC1CCc2ncnn2C1.I. The van der Waals surface area contributed by atoms with Crippen LogP contribution in [-0.2, 0) is 19.5 Å². The van der Waals surface area contributed by atoms with Gasteiger partial charge in [0.15, 0.2) is 17.5 Å². The molecule has 3 N–H and O–H groups in total. The number of hydrogen-bond acceptors (Lipinski definition) is 6. The van der Waals surface area contributed by atoms with Crippen LogP contribution < -0.4 is 20.1 Å². The zero-order valence-electron chi connectivity index (χ0n) is 16.8. The summed E-state index contributed by atoms with van der Waals surface area (Å²) in [6.45, 7) is 4.31. The largest absolute Gasteiger partial charge is 0.493 e. The van der Waals surface area contributed by atoms with Gasteiger partial charge in [0.2, 0.25) is 0 Å². The van der Waals surface area contributed by atoms with E-state index in [1.807, 2.05) is 29.8 Å². The van der Waals surface area contributed by atoms with Crippen LogP contribution in [0.1, 0.15) is 24.7 Å². The fourth-order valence-electron chi connectivity index (χ4n) is 3.12. The molecule has 0 saturated carbocycles.